The van der Waals surface area contributed by atoms with E-state index in [4.69, 9.17) is 9.47 Å². The predicted molar refractivity (Wildman–Crippen MR) is 161 cm³/mol. The number of aromatic nitrogens is 3. The Kier molecular flexibility index (Phi) is 8.54. The molecule has 2 aromatic carbocycles. The normalized spacial score (nSPS) is 15.2. The molecule has 1 saturated heterocycles. The smallest absolute Gasteiger partial charge is 0.199 e. The zero-order valence-corrected chi connectivity index (χ0v) is 24.5. The van der Waals surface area contributed by atoms with Gasteiger partial charge in [0.1, 0.15) is 5.82 Å². The standard InChI is InChI=1S/C32H43N5O3/c1-6-34-17-19-35(20-18-34)28-10-7-9-25-26(28)22-37(32(25)38)27(24-12-13-29(39-4)30(21-24)40-5)11-8-15-36-16-14-33-31(36)23(2)3/h7,9-10,12-14,16,21-23,27,38H,6,8,11,15,17-20H2,1-5H3/t27-/m1/s1. The highest BCUT2D eigenvalue weighted by Gasteiger charge is 2.24. The summed E-state index contributed by atoms with van der Waals surface area (Å²) in [5, 5.41) is 13.6. The minimum atomic E-state index is -0.0805. The molecule has 3 heterocycles. The zero-order valence-electron chi connectivity index (χ0n) is 24.5. The summed E-state index contributed by atoms with van der Waals surface area (Å²) < 4.78 is 15.5. The number of methoxy groups -OCH3 is 2. The number of benzene rings is 2. The third-order valence-corrected chi connectivity index (χ3v) is 8.27. The minimum absolute atomic E-state index is 0.0805. The van der Waals surface area contributed by atoms with Crippen molar-refractivity contribution in [3.63, 3.8) is 0 Å². The van der Waals surface area contributed by atoms with Crippen molar-refractivity contribution >= 4 is 16.5 Å². The highest BCUT2D eigenvalue weighted by Crippen LogP contribution is 2.41. The minimum Gasteiger partial charge on any atom is -0.494 e. The average molecular weight is 546 g/mol. The molecule has 1 atom stereocenters. The lowest BCUT2D eigenvalue weighted by Gasteiger charge is -2.35. The zero-order chi connectivity index (χ0) is 28.2. The van der Waals surface area contributed by atoms with Gasteiger partial charge in [0.05, 0.1) is 20.3 Å². The van der Waals surface area contributed by atoms with E-state index in [1.165, 1.54) is 5.69 Å². The Hall–Kier alpha value is -3.65. The molecule has 0 saturated carbocycles. The van der Waals surface area contributed by atoms with Crippen LogP contribution in [0, 0.1) is 0 Å². The fourth-order valence-electron chi connectivity index (χ4n) is 6.03. The number of likely N-dealkylation sites (N-methyl/N-ethyl adjacent to an activating group) is 1. The van der Waals surface area contributed by atoms with Gasteiger partial charge < -0.3 is 33.5 Å². The van der Waals surface area contributed by atoms with Gasteiger partial charge in [-0.25, -0.2) is 4.98 Å². The van der Waals surface area contributed by atoms with Crippen LogP contribution in [0.4, 0.5) is 5.69 Å². The van der Waals surface area contributed by atoms with Crippen LogP contribution in [0.25, 0.3) is 10.8 Å². The number of hydrogen-bond acceptors (Lipinski definition) is 6. The number of fused-ring (bicyclic) bond motifs is 1. The molecule has 1 aliphatic rings. The van der Waals surface area contributed by atoms with Gasteiger partial charge >= 0.3 is 0 Å². The quantitative estimate of drug-likeness (QED) is 0.253. The monoisotopic (exact) mass is 545 g/mol. The van der Waals surface area contributed by atoms with Crippen molar-refractivity contribution in [2.45, 2.75) is 52.1 Å². The molecule has 5 rings (SSSR count). The molecule has 2 aromatic heterocycles. The molecule has 1 N–H and O–H groups in total. The van der Waals surface area contributed by atoms with Crippen molar-refractivity contribution < 1.29 is 14.6 Å². The van der Waals surface area contributed by atoms with E-state index in [1.54, 1.807) is 14.2 Å². The maximum Gasteiger partial charge on any atom is 0.199 e. The van der Waals surface area contributed by atoms with Gasteiger partial charge in [0.25, 0.3) is 0 Å². The van der Waals surface area contributed by atoms with Gasteiger partial charge in [-0.2, -0.15) is 0 Å². The molecule has 0 unspecified atom stereocenters. The van der Waals surface area contributed by atoms with Gasteiger partial charge in [0.15, 0.2) is 17.4 Å². The van der Waals surface area contributed by atoms with Crippen LogP contribution >= 0.6 is 0 Å². The summed E-state index contributed by atoms with van der Waals surface area (Å²) in [5.74, 6) is 3.15. The van der Waals surface area contributed by atoms with Crippen molar-refractivity contribution in [1.82, 2.24) is 19.0 Å². The summed E-state index contributed by atoms with van der Waals surface area (Å²) in [6.45, 7) is 12.6. The fourth-order valence-corrected chi connectivity index (χ4v) is 6.03. The summed E-state index contributed by atoms with van der Waals surface area (Å²) in [6, 6.07) is 12.3. The van der Waals surface area contributed by atoms with E-state index in [0.29, 0.717) is 23.3 Å². The number of ether oxygens (including phenoxy) is 2. The number of imidazole rings is 1. The number of anilines is 1. The van der Waals surface area contributed by atoms with Crippen molar-refractivity contribution in [3.05, 3.63) is 66.4 Å². The van der Waals surface area contributed by atoms with E-state index in [-0.39, 0.29) is 6.04 Å². The lowest BCUT2D eigenvalue weighted by Crippen LogP contribution is -2.46. The second-order valence-corrected chi connectivity index (χ2v) is 10.9. The van der Waals surface area contributed by atoms with E-state index < -0.39 is 0 Å². The van der Waals surface area contributed by atoms with Crippen molar-refractivity contribution in [2.75, 3.05) is 51.8 Å². The van der Waals surface area contributed by atoms with Crippen LogP contribution in [0.2, 0.25) is 0 Å². The average Bonchev–Trinajstić information content (AvgIpc) is 3.59. The lowest BCUT2D eigenvalue weighted by molar-refractivity contribution is 0.271. The van der Waals surface area contributed by atoms with Gasteiger partial charge in [0.2, 0.25) is 0 Å². The Labute approximate surface area is 237 Å². The Morgan fingerprint density at radius 3 is 2.45 bits per heavy atom. The number of hydrogen-bond donors (Lipinski definition) is 1. The number of piperazine rings is 1. The van der Waals surface area contributed by atoms with E-state index in [2.05, 4.69) is 75.3 Å². The Bertz CT molecular complexity index is 1420. The molecule has 0 aliphatic carbocycles. The van der Waals surface area contributed by atoms with Crippen molar-refractivity contribution in [2.24, 2.45) is 0 Å². The summed E-state index contributed by atoms with van der Waals surface area (Å²) in [4.78, 5) is 9.50. The van der Waals surface area contributed by atoms with Crippen LogP contribution in [0.15, 0.2) is 55.0 Å². The Morgan fingerprint density at radius 2 is 1.75 bits per heavy atom. The van der Waals surface area contributed by atoms with Crippen LogP contribution in [-0.4, -0.2) is 71.1 Å². The van der Waals surface area contributed by atoms with Gasteiger partial charge in [0, 0.05) is 73.7 Å². The number of aryl methyl sites for hydroxylation is 1. The van der Waals surface area contributed by atoms with Crippen LogP contribution in [-0.2, 0) is 6.54 Å². The second kappa shape index (κ2) is 12.3. The van der Waals surface area contributed by atoms with Crippen molar-refractivity contribution in [3.8, 4) is 17.4 Å². The van der Waals surface area contributed by atoms with Crippen LogP contribution in [0.3, 0.4) is 0 Å². The predicted octanol–water partition coefficient (Wildman–Crippen LogP) is 5.90. The van der Waals surface area contributed by atoms with Crippen LogP contribution in [0.5, 0.6) is 17.4 Å². The first kappa shape index (κ1) is 27.9. The highest BCUT2D eigenvalue weighted by atomic mass is 16.5. The molecule has 0 spiro atoms. The van der Waals surface area contributed by atoms with Gasteiger partial charge in [-0.1, -0.05) is 32.9 Å². The lowest BCUT2D eigenvalue weighted by atomic mass is 10.0. The van der Waals surface area contributed by atoms with E-state index in [0.717, 1.165) is 74.3 Å². The molecule has 40 heavy (non-hydrogen) atoms. The molecule has 1 aliphatic heterocycles. The summed E-state index contributed by atoms with van der Waals surface area (Å²) in [5.41, 5.74) is 2.26. The maximum atomic E-state index is 11.6. The van der Waals surface area contributed by atoms with Crippen LogP contribution in [0.1, 0.15) is 57.0 Å². The first-order valence-electron chi connectivity index (χ1n) is 14.5. The first-order valence-corrected chi connectivity index (χ1v) is 14.5. The summed E-state index contributed by atoms with van der Waals surface area (Å²) in [7, 11) is 3.31. The molecule has 0 amide bonds. The third kappa shape index (κ3) is 5.50. The molecular formula is C32H43N5O3. The molecule has 4 aromatic rings. The maximum absolute atomic E-state index is 11.6. The van der Waals surface area contributed by atoms with Gasteiger partial charge in [-0.3, -0.25) is 0 Å². The van der Waals surface area contributed by atoms with E-state index in [1.807, 2.05) is 24.4 Å². The molecular weight excluding hydrogens is 502 g/mol. The number of nitrogens with zero attached hydrogens (tertiary/aromatic N) is 5. The molecule has 8 nitrogen and oxygen atoms in total. The fraction of sp³-hybridized carbons (Fsp3) is 0.469. The molecule has 214 valence electrons. The number of aromatic hydroxyl groups is 1. The second-order valence-electron chi connectivity index (χ2n) is 10.9. The molecule has 1 fully saturated rings. The summed E-state index contributed by atoms with van der Waals surface area (Å²) in [6.07, 6.45) is 7.85. The summed E-state index contributed by atoms with van der Waals surface area (Å²) >= 11 is 0. The highest BCUT2D eigenvalue weighted by molar-refractivity contribution is 5.98. The topological polar surface area (TPSA) is 67.9 Å². The third-order valence-electron chi connectivity index (χ3n) is 8.27. The van der Waals surface area contributed by atoms with Crippen LogP contribution < -0.4 is 14.4 Å². The van der Waals surface area contributed by atoms with E-state index in [9.17, 15) is 5.11 Å². The van der Waals surface area contributed by atoms with Gasteiger partial charge in [-0.15, -0.1) is 0 Å². The molecule has 8 heteroatoms. The van der Waals surface area contributed by atoms with Gasteiger partial charge in [-0.05, 0) is 49.2 Å². The molecule has 0 bridgehead atoms. The Balaban J connectivity index is 1.50. The Morgan fingerprint density at radius 1 is 0.975 bits per heavy atom. The molecule has 0 radical (unpaired) electrons. The van der Waals surface area contributed by atoms with Crippen molar-refractivity contribution in [1.29, 1.82) is 0 Å². The number of rotatable bonds is 11. The SMILES string of the molecule is CCN1CCN(c2cccc3c(O)n([C@H](CCCn4ccnc4C(C)C)c4ccc(OC)c(OC)c4)cc23)CC1. The largest absolute Gasteiger partial charge is 0.494 e. The van der Waals surface area contributed by atoms with E-state index >= 15 is 0 Å². The first-order chi connectivity index (χ1) is 19.4.